The van der Waals surface area contributed by atoms with Crippen molar-refractivity contribution in [3.8, 4) is 5.75 Å². The van der Waals surface area contributed by atoms with Gasteiger partial charge in [0.15, 0.2) is 5.60 Å². The maximum Gasteiger partial charge on any atom is 0.271 e. The van der Waals surface area contributed by atoms with E-state index in [1.165, 1.54) is 4.90 Å². The lowest BCUT2D eigenvalue weighted by atomic mass is 10.00. The zero-order valence-electron chi connectivity index (χ0n) is 14.9. The fraction of sp³-hybridized carbons (Fsp3) is 0.556. The summed E-state index contributed by atoms with van der Waals surface area (Å²) in [7, 11) is 0. The van der Waals surface area contributed by atoms with E-state index in [-0.39, 0.29) is 24.4 Å². The maximum absolute atomic E-state index is 12.8. The van der Waals surface area contributed by atoms with Gasteiger partial charge in [-0.05, 0) is 44.4 Å². The van der Waals surface area contributed by atoms with Crippen molar-refractivity contribution in [3.05, 3.63) is 23.8 Å². The molecule has 6 heteroatoms. The Morgan fingerprint density at radius 2 is 2.08 bits per heavy atom. The summed E-state index contributed by atoms with van der Waals surface area (Å²) in [4.78, 5) is 26.4. The van der Waals surface area contributed by atoms with Gasteiger partial charge < -0.3 is 15.8 Å². The normalized spacial score (nSPS) is 17.0. The zero-order valence-corrected chi connectivity index (χ0v) is 14.9. The van der Waals surface area contributed by atoms with Crippen molar-refractivity contribution in [2.45, 2.75) is 52.2 Å². The lowest BCUT2D eigenvalue weighted by Gasteiger charge is -2.38. The number of amides is 2. The van der Waals surface area contributed by atoms with Gasteiger partial charge in [-0.25, -0.2) is 0 Å². The monoisotopic (exact) mass is 333 g/mol. The molecule has 6 nitrogen and oxygen atoms in total. The van der Waals surface area contributed by atoms with Crippen LogP contribution in [0.4, 0.5) is 5.69 Å². The van der Waals surface area contributed by atoms with Gasteiger partial charge in [0.1, 0.15) is 12.3 Å². The predicted octanol–water partition coefficient (Wildman–Crippen LogP) is 2.13. The number of ether oxygens (including phenoxy) is 1. The molecule has 2 rings (SSSR count). The number of carbonyl (C=O) groups excluding carboxylic acids is 2. The van der Waals surface area contributed by atoms with Crippen LogP contribution in [0.25, 0.3) is 0 Å². The standard InChI is InChI=1S/C18H27N3O3/c1-5-9-20-16(22)11-21-14-10-12(13(19)6-2)7-8-15(14)24-18(3,4)17(21)23/h7-8,10,13H,5-6,9,11,19H2,1-4H3,(H,20,22). The second kappa shape index (κ2) is 7.21. The van der Waals surface area contributed by atoms with Crippen LogP contribution in [-0.4, -0.2) is 30.5 Å². The number of hydrogen-bond donors (Lipinski definition) is 2. The van der Waals surface area contributed by atoms with Gasteiger partial charge in [-0.15, -0.1) is 0 Å². The highest BCUT2D eigenvalue weighted by atomic mass is 16.5. The van der Waals surface area contributed by atoms with Crippen molar-refractivity contribution in [3.63, 3.8) is 0 Å². The number of hydrogen-bond acceptors (Lipinski definition) is 4. The number of nitrogens with two attached hydrogens (primary N) is 1. The van der Waals surface area contributed by atoms with Gasteiger partial charge in [0.05, 0.1) is 5.69 Å². The van der Waals surface area contributed by atoms with Gasteiger partial charge in [-0.3, -0.25) is 14.5 Å². The van der Waals surface area contributed by atoms with Crippen LogP contribution in [0, 0.1) is 0 Å². The van der Waals surface area contributed by atoms with Crippen molar-refractivity contribution in [1.82, 2.24) is 5.32 Å². The lowest BCUT2D eigenvalue weighted by Crippen LogP contribution is -2.55. The molecule has 1 aliphatic heterocycles. The Balaban J connectivity index is 2.37. The zero-order chi connectivity index (χ0) is 17.9. The summed E-state index contributed by atoms with van der Waals surface area (Å²) >= 11 is 0. The van der Waals surface area contributed by atoms with Crippen LogP contribution < -0.4 is 20.7 Å². The molecule has 1 aliphatic rings. The highest BCUT2D eigenvalue weighted by Gasteiger charge is 2.41. The van der Waals surface area contributed by atoms with E-state index in [1.807, 2.05) is 32.0 Å². The quantitative estimate of drug-likeness (QED) is 0.835. The summed E-state index contributed by atoms with van der Waals surface area (Å²) in [5.74, 6) is 0.179. The molecule has 3 N–H and O–H groups in total. The highest BCUT2D eigenvalue weighted by Crippen LogP contribution is 2.39. The average Bonchev–Trinajstić information content (AvgIpc) is 2.55. The first-order valence-corrected chi connectivity index (χ1v) is 8.47. The van der Waals surface area contributed by atoms with Gasteiger partial charge in [-0.2, -0.15) is 0 Å². The molecule has 0 fully saturated rings. The van der Waals surface area contributed by atoms with Crippen molar-refractivity contribution in [1.29, 1.82) is 0 Å². The molecule has 0 aromatic heterocycles. The molecule has 1 heterocycles. The molecular formula is C18H27N3O3. The third-order valence-electron chi connectivity index (χ3n) is 4.14. The average molecular weight is 333 g/mol. The topological polar surface area (TPSA) is 84.7 Å². The fourth-order valence-corrected chi connectivity index (χ4v) is 2.67. The van der Waals surface area contributed by atoms with E-state index in [2.05, 4.69) is 5.32 Å². The van der Waals surface area contributed by atoms with Gasteiger partial charge in [0.25, 0.3) is 5.91 Å². The minimum atomic E-state index is -1.01. The van der Waals surface area contributed by atoms with E-state index >= 15 is 0 Å². The maximum atomic E-state index is 12.8. The second-order valence-electron chi connectivity index (χ2n) is 6.60. The number of carbonyl (C=O) groups is 2. The molecule has 1 unspecified atom stereocenters. The summed E-state index contributed by atoms with van der Waals surface area (Å²) in [6.45, 7) is 7.97. The lowest BCUT2D eigenvalue weighted by molar-refractivity contribution is -0.134. The molecule has 0 aliphatic carbocycles. The Morgan fingerprint density at radius 1 is 1.38 bits per heavy atom. The van der Waals surface area contributed by atoms with Crippen LogP contribution >= 0.6 is 0 Å². The third kappa shape index (κ3) is 3.70. The highest BCUT2D eigenvalue weighted by molar-refractivity contribution is 6.05. The fourth-order valence-electron chi connectivity index (χ4n) is 2.67. The van der Waals surface area contributed by atoms with E-state index in [0.717, 1.165) is 18.4 Å². The van der Waals surface area contributed by atoms with Crippen LogP contribution in [0.5, 0.6) is 5.75 Å². The van der Waals surface area contributed by atoms with Crippen molar-refractivity contribution >= 4 is 17.5 Å². The van der Waals surface area contributed by atoms with Gasteiger partial charge in [0.2, 0.25) is 5.91 Å². The molecule has 0 saturated carbocycles. The summed E-state index contributed by atoms with van der Waals surface area (Å²) in [5.41, 5.74) is 6.62. The SMILES string of the molecule is CCCNC(=O)CN1C(=O)C(C)(C)Oc2ccc(C(N)CC)cc21. The Bertz CT molecular complexity index is 628. The molecule has 24 heavy (non-hydrogen) atoms. The van der Waals surface area contributed by atoms with E-state index < -0.39 is 5.60 Å². The number of nitrogens with one attached hydrogen (secondary N) is 1. The third-order valence-corrected chi connectivity index (χ3v) is 4.14. The van der Waals surface area contributed by atoms with E-state index in [0.29, 0.717) is 18.0 Å². The van der Waals surface area contributed by atoms with Crippen LogP contribution in [0.1, 0.15) is 52.1 Å². The molecular weight excluding hydrogens is 306 g/mol. The molecule has 1 aromatic rings. The molecule has 1 aromatic carbocycles. The minimum absolute atomic E-state index is 0.0244. The number of rotatable bonds is 6. The first kappa shape index (κ1) is 18.3. The smallest absolute Gasteiger partial charge is 0.271 e. The van der Waals surface area contributed by atoms with E-state index in [4.69, 9.17) is 10.5 Å². The molecule has 0 bridgehead atoms. The van der Waals surface area contributed by atoms with Gasteiger partial charge in [-0.1, -0.05) is 19.9 Å². The van der Waals surface area contributed by atoms with Crippen molar-refractivity contribution in [2.75, 3.05) is 18.0 Å². The number of fused-ring (bicyclic) bond motifs is 1. The predicted molar refractivity (Wildman–Crippen MR) is 94.0 cm³/mol. The van der Waals surface area contributed by atoms with E-state index in [9.17, 15) is 9.59 Å². The molecule has 0 radical (unpaired) electrons. The first-order valence-electron chi connectivity index (χ1n) is 8.47. The summed E-state index contributed by atoms with van der Waals surface area (Å²) < 4.78 is 5.83. The van der Waals surface area contributed by atoms with Gasteiger partial charge >= 0.3 is 0 Å². The van der Waals surface area contributed by atoms with Crippen molar-refractivity contribution in [2.24, 2.45) is 5.73 Å². The molecule has 132 valence electrons. The van der Waals surface area contributed by atoms with Crippen molar-refractivity contribution < 1.29 is 14.3 Å². The number of anilines is 1. The van der Waals surface area contributed by atoms with Crippen LogP contribution in [0.2, 0.25) is 0 Å². The van der Waals surface area contributed by atoms with Gasteiger partial charge in [0, 0.05) is 12.6 Å². The molecule has 0 spiro atoms. The number of nitrogens with zero attached hydrogens (tertiary/aromatic N) is 1. The summed E-state index contributed by atoms with van der Waals surface area (Å²) in [6, 6.07) is 5.47. The van der Waals surface area contributed by atoms with Crippen LogP contribution in [0.3, 0.4) is 0 Å². The number of benzene rings is 1. The van der Waals surface area contributed by atoms with Crippen LogP contribution in [0.15, 0.2) is 18.2 Å². The summed E-state index contributed by atoms with van der Waals surface area (Å²) in [6.07, 6.45) is 1.64. The minimum Gasteiger partial charge on any atom is -0.476 e. The Morgan fingerprint density at radius 3 is 2.71 bits per heavy atom. The van der Waals surface area contributed by atoms with Crippen LogP contribution in [-0.2, 0) is 9.59 Å². The Labute approximate surface area is 143 Å². The van der Waals surface area contributed by atoms with E-state index in [1.54, 1.807) is 13.8 Å². The Kier molecular flexibility index (Phi) is 5.49. The summed E-state index contributed by atoms with van der Waals surface area (Å²) in [5, 5.41) is 2.81. The largest absolute Gasteiger partial charge is 0.476 e. The molecule has 2 amide bonds. The molecule has 0 saturated heterocycles. The Hall–Kier alpha value is -2.08. The first-order chi connectivity index (χ1) is 11.3. The molecule has 1 atom stereocenters. The second-order valence-corrected chi connectivity index (χ2v) is 6.60.